The Kier molecular flexibility index (Phi) is 4.35. The van der Waals surface area contributed by atoms with Gasteiger partial charge in [-0.3, -0.25) is 9.69 Å². The van der Waals surface area contributed by atoms with Crippen LogP contribution in [0.4, 0.5) is 18.0 Å². The zero-order chi connectivity index (χ0) is 16.3. The van der Waals surface area contributed by atoms with E-state index in [4.69, 9.17) is 5.26 Å². The van der Waals surface area contributed by atoms with Crippen molar-refractivity contribution in [2.45, 2.75) is 25.1 Å². The molecular weight excluding hydrogens is 299 g/mol. The Labute approximate surface area is 124 Å². The van der Waals surface area contributed by atoms with Crippen molar-refractivity contribution in [1.82, 2.24) is 10.2 Å². The number of carbonyl (C=O) groups excluding carboxylic acids is 2. The summed E-state index contributed by atoms with van der Waals surface area (Å²) in [6.07, 6.45) is -4.48. The molecule has 1 fully saturated rings. The molecule has 1 saturated heterocycles. The van der Waals surface area contributed by atoms with Crippen molar-refractivity contribution in [2.75, 3.05) is 6.54 Å². The summed E-state index contributed by atoms with van der Waals surface area (Å²) in [5, 5.41) is 10.9. The van der Waals surface area contributed by atoms with Crippen molar-refractivity contribution in [3.8, 4) is 6.07 Å². The van der Waals surface area contributed by atoms with Crippen LogP contribution in [-0.2, 0) is 17.4 Å². The number of carbonyl (C=O) groups is 2. The highest BCUT2D eigenvalue weighted by molar-refractivity contribution is 6.04. The van der Waals surface area contributed by atoms with Crippen molar-refractivity contribution in [2.24, 2.45) is 0 Å². The Morgan fingerprint density at radius 1 is 1.32 bits per heavy atom. The molecule has 0 spiro atoms. The number of nitrogens with zero attached hydrogens (tertiary/aromatic N) is 2. The Morgan fingerprint density at radius 2 is 2.05 bits per heavy atom. The summed E-state index contributed by atoms with van der Waals surface area (Å²) in [5.74, 6) is -0.530. The molecule has 0 radical (unpaired) electrons. The zero-order valence-electron chi connectivity index (χ0n) is 11.4. The number of benzene rings is 1. The highest BCUT2D eigenvalue weighted by atomic mass is 19.4. The lowest BCUT2D eigenvalue weighted by atomic mass is 10.0. The van der Waals surface area contributed by atoms with Crippen molar-refractivity contribution >= 4 is 11.9 Å². The molecule has 2 rings (SSSR count). The van der Waals surface area contributed by atoms with Gasteiger partial charge in [0.15, 0.2) is 0 Å². The summed E-state index contributed by atoms with van der Waals surface area (Å²) in [4.78, 5) is 24.5. The number of urea groups is 1. The van der Waals surface area contributed by atoms with Gasteiger partial charge in [0, 0.05) is 13.0 Å². The van der Waals surface area contributed by atoms with E-state index >= 15 is 0 Å². The number of halogens is 3. The van der Waals surface area contributed by atoms with E-state index < -0.39 is 29.7 Å². The average Bonchev–Trinajstić information content (AvgIpc) is 2.71. The van der Waals surface area contributed by atoms with Crippen LogP contribution in [0.2, 0.25) is 0 Å². The molecule has 116 valence electrons. The van der Waals surface area contributed by atoms with E-state index in [0.717, 1.165) is 17.0 Å². The molecule has 0 saturated carbocycles. The number of nitriles is 1. The molecule has 1 aromatic rings. The van der Waals surface area contributed by atoms with Gasteiger partial charge in [-0.1, -0.05) is 18.2 Å². The first kappa shape index (κ1) is 15.8. The number of hydrogen-bond donors (Lipinski definition) is 1. The van der Waals surface area contributed by atoms with Gasteiger partial charge in [0.2, 0.25) is 0 Å². The second-order valence-electron chi connectivity index (χ2n) is 4.80. The normalized spacial score (nSPS) is 18.3. The van der Waals surface area contributed by atoms with Crippen molar-refractivity contribution < 1.29 is 22.8 Å². The molecule has 3 amide bonds. The lowest BCUT2D eigenvalue weighted by Crippen LogP contribution is -2.33. The van der Waals surface area contributed by atoms with Crippen LogP contribution in [-0.4, -0.2) is 29.4 Å². The lowest BCUT2D eigenvalue weighted by molar-refractivity contribution is -0.137. The summed E-state index contributed by atoms with van der Waals surface area (Å²) in [5.41, 5.74) is -0.501. The summed E-state index contributed by atoms with van der Waals surface area (Å²) in [6, 6.07) is 4.91. The van der Waals surface area contributed by atoms with Crippen LogP contribution in [0.1, 0.15) is 17.5 Å². The first-order chi connectivity index (χ1) is 10.3. The quantitative estimate of drug-likeness (QED) is 0.865. The molecule has 8 heteroatoms. The number of rotatable bonds is 4. The number of nitrogens with one attached hydrogen (secondary N) is 1. The molecule has 0 bridgehead atoms. The molecule has 22 heavy (non-hydrogen) atoms. The Balaban J connectivity index is 2.10. The second kappa shape index (κ2) is 6.05. The smallest absolute Gasteiger partial charge is 0.325 e. The molecule has 1 heterocycles. The molecule has 1 N–H and O–H groups in total. The third-order valence-electron chi connectivity index (χ3n) is 3.25. The minimum Gasteiger partial charge on any atom is -0.325 e. The first-order valence-electron chi connectivity index (χ1n) is 6.48. The Morgan fingerprint density at radius 3 is 2.68 bits per heavy atom. The average molecular weight is 311 g/mol. The van der Waals surface area contributed by atoms with E-state index in [1.165, 1.54) is 12.1 Å². The lowest BCUT2D eigenvalue weighted by Gasteiger charge is -2.12. The Bertz CT molecular complexity index is 637. The van der Waals surface area contributed by atoms with Crippen molar-refractivity contribution in [1.29, 1.82) is 5.26 Å². The molecule has 1 aliphatic heterocycles. The zero-order valence-corrected chi connectivity index (χ0v) is 11.4. The summed E-state index contributed by atoms with van der Waals surface area (Å²) in [6.45, 7) is -0.0275. The minimum absolute atomic E-state index is 0.00936. The number of imide groups is 1. The van der Waals surface area contributed by atoms with Crippen LogP contribution in [0.3, 0.4) is 0 Å². The van der Waals surface area contributed by atoms with Gasteiger partial charge in [0.05, 0.1) is 18.1 Å². The molecule has 1 unspecified atom stereocenters. The van der Waals surface area contributed by atoms with Gasteiger partial charge in [0.25, 0.3) is 5.91 Å². The van der Waals surface area contributed by atoms with E-state index in [0.29, 0.717) is 5.56 Å². The monoisotopic (exact) mass is 311 g/mol. The maximum atomic E-state index is 12.6. The van der Waals surface area contributed by atoms with Crippen LogP contribution in [0.15, 0.2) is 24.3 Å². The highest BCUT2D eigenvalue weighted by Gasteiger charge is 2.38. The standard InChI is InChI=1S/C14H12F3N3O2/c15-14(16,17)10-4-1-3-9(7-10)8-11-12(21)20(6-2-5-18)13(22)19-11/h1,3-4,7,11H,2,6,8H2,(H,19,22). The summed E-state index contributed by atoms with van der Waals surface area (Å²) >= 11 is 0. The van der Waals surface area contributed by atoms with Gasteiger partial charge in [-0.15, -0.1) is 0 Å². The molecule has 1 aromatic carbocycles. The van der Waals surface area contributed by atoms with Gasteiger partial charge >= 0.3 is 12.2 Å². The largest absolute Gasteiger partial charge is 0.416 e. The van der Waals surface area contributed by atoms with Crippen LogP contribution in [0.25, 0.3) is 0 Å². The van der Waals surface area contributed by atoms with Crippen LogP contribution in [0, 0.1) is 11.3 Å². The van der Waals surface area contributed by atoms with Gasteiger partial charge in [-0.05, 0) is 11.6 Å². The predicted octanol–water partition coefficient (Wildman–Crippen LogP) is 2.08. The summed E-state index contributed by atoms with van der Waals surface area (Å²) < 4.78 is 37.9. The fourth-order valence-electron chi connectivity index (χ4n) is 2.20. The molecule has 5 nitrogen and oxygen atoms in total. The van der Waals surface area contributed by atoms with E-state index in [2.05, 4.69) is 5.32 Å². The second-order valence-corrected chi connectivity index (χ2v) is 4.80. The van der Waals surface area contributed by atoms with Crippen LogP contribution < -0.4 is 5.32 Å². The fourth-order valence-corrected chi connectivity index (χ4v) is 2.20. The van der Waals surface area contributed by atoms with Gasteiger partial charge in [0.1, 0.15) is 6.04 Å². The van der Waals surface area contributed by atoms with Crippen molar-refractivity contribution in [3.63, 3.8) is 0 Å². The molecule has 1 aliphatic rings. The molecular formula is C14H12F3N3O2. The van der Waals surface area contributed by atoms with E-state index in [1.54, 1.807) is 0 Å². The van der Waals surface area contributed by atoms with Crippen LogP contribution >= 0.6 is 0 Å². The number of alkyl halides is 3. The third kappa shape index (κ3) is 3.36. The Hall–Kier alpha value is -2.56. The topological polar surface area (TPSA) is 73.2 Å². The third-order valence-corrected chi connectivity index (χ3v) is 3.25. The van der Waals surface area contributed by atoms with Gasteiger partial charge in [-0.2, -0.15) is 18.4 Å². The van der Waals surface area contributed by atoms with Crippen molar-refractivity contribution in [3.05, 3.63) is 35.4 Å². The maximum Gasteiger partial charge on any atom is 0.416 e. The SMILES string of the molecule is N#CCCN1C(=O)NC(Cc2cccc(C(F)(F)F)c2)C1=O. The molecule has 1 atom stereocenters. The predicted molar refractivity (Wildman–Crippen MR) is 69.4 cm³/mol. The summed E-state index contributed by atoms with van der Waals surface area (Å²) in [7, 11) is 0. The van der Waals surface area contributed by atoms with E-state index in [-0.39, 0.29) is 19.4 Å². The minimum atomic E-state index is -4.46. The fraction of sp³-hybridized carbons (Fsp3) is 0.357. The van der Waals surface area contributed by atoms with E-state index in [9.17, 15) is 22.8 Å². The van der Waals surface area contributed by atoms with Gasteiger partial charge < -0.3 is 5.32 Å². The van der Waals surface area contributed by atoms with E-state index in [1.807, 2.05) is 6.07 Å². The molecule has 0 aliphatic carbocycles. The highest BCUT2D eigenvalue weighted by Crippen LogP contribution is 2.29. The first-order valence-corrected chi connectivity index (χ1v) is 6.48. The maximum absolute atomic E-state index is 12.6. The number of hydrogen-bond acceptors (Lipinski definition) is 3. The van der Waals surface area contributed by atoms with Gasteiger partial charge in [-0.25, -0.2) is 4.79 Å². The van der Waals surface area contributed by atoms with Crippen LogP contribution in [0.5, 0.6) is 0 Å². The number of amides is 3. The molecule has 0 aromatic heterocycles.